The molecule has 0 amide bonds. The first-order chi connectivity index (χ1) is 12.4. The first-order valence-corrected chi connectivity index (χ1v) is 8.46. The molecule has 1 saturated carbocycles. The van der Waals surface area contributed by atoms with Gasteiger partial charge < -0.3 is 25.6 Å². The van der Waals surface area contributed by atoms with Gasteiger partial charge in [0.15, 0.2) is 11.6 Å². The molecule has 1 aliphatic heterocycles. The van der Waals surface area contributed by atoms with E-state index in [1.807, 2.05) is 0 Å². The van der Waals surface area contributed by atoms with Crippen molar-refractivity contribution >= 4 is 40.7 Å². The monoisotopic (exact) mass is 400 g/mol. The topological polar surface area (TPSA) is 101 Å². The zero-order valence-corrected chi connectivity index (χ0v) is 15.1. The van der Waals surface area contributed by atoms with Gasteiger partial charge in [-0.25, -0.2) is 13.6 Å². The summed E-state index contributed by atoms with van der Waals surface area (Å²) in [5, 5.41) is 12.0. The van der Waals surface area contributed by atoms with E-state index in [1.165, 1.54) is 4.57 Å². The maximum absolute atomic E-state index is 15.4. The van der Waals surface area contributed by atoms with Gasteiger partial charge in [0.25, 0.3) is 0 Å². The Hall–Kier alpha value is -2.39. The van der Waals surface area contributed by atoms with Crippen LogP contribution in [-0.4, -0.2) is 41.8 Å². The number of hydrogen-bond acceptors (Lipinski definition) is 5. The minimum absolute atomic E-state index is 0. The second-order valence-electron chi connectivity index (χ2n) is 6.67. The van der Waals surface area contributed by atoms with E-state index in [-0.39, 0.29) is 29.7 Å². The number of carbonyl (C=O) groups is 1. The highest BCUT2D eigenvalue weighted by Gasteiger charge is 2.33. The van der Waals surface area contributed by atoms with Crippen molar-refractivity contribution in [1.82, 2.24) is 9.88 Å². The maximum atomic E-state index is 15.4. The molecule has 0 radical (unpaired) electrons. The predicted octanol–water partition coefficient (Wildman–Crippen LogP) is 1.73. The Kier molecular flexibility index (Phi) is 5.00. The van der Waals surface area contributed by atoms with Gasteiger partial charge in [0.1, 0.15) is 11.3 Å². The molecule has 7 nitrogen and oxygen atoms in total. The van der Waals surface area contributed by atoms with Crippen molar-refractivity contribution in [2.24, 2.45) is 0 Å². The fraction of sp³-hybridized carbons (Fsp3) is 0.412. The maximum Gasteiger partial charge on any atom is 0.341 e. The second kappa shape index (κ2) is 6.97. The zero-order valence-electron chi connectivity index (χ0n) is 14.3. The number of halogens is 3. The molecule has 146 valence electrons. The molecule has 2 aromatic rings. The van der Waals surface area contributed by atoms with Gasteiger partial charge in [-0.15, -0.1) is 12.4 Å². The van der Waals surface area contributed by atoms with Crippen LogP contribution in [0, 0.1) is 11.6 Å². The molecule has 0 spiro atoms. The number of piperazine rings is 1. The average Bonchev–Trinajstić information content (AvgIpc) is 3.45. The van der Waals surface area contributed by atoms with Gasteiger partial charge in [-0.2, -0.15) is 0 Å². The highest BCUT2D eigenvalue weighted by atomic mass is 35.5. The Balaban J connectivity index is 0.00000210. The number of rotatable bonds is 3. The largest absolute Gasteiger partial charge is 0.477 e. The molecule has 1 aliphatic carbocycles. The summed E-state index contributed by atoms with van der Waals surface area (Å²) in [5.41, 5.74) is 3.49. The average molecular weight is 401 g/mol. The molecule has 2 aliphatic rings. The number of anilines is 2. The van der Waals surface area contributed by atoms with Gasteiger partial charge in [0.05, 0.1) is 16.6 Å². The van der Waals surface area contributed by atoms with Gasteiger partial charge in [-0.05, 0) is 12.8 Å². The lowest BCUT2D eigenvalue weighted by Gasteiger charge is -2.31. The van der Waals surface area contributed by atoms with Crippen LogP contribution in [0.25, 0.3) is 10.9 Å². The third-order valence-corrected chi connectivity index (χ3v) is 4.97. The molecule has 27 heavy (non-hydrogen) atoms. The smallest absolute Gasteiger partial charge is 0.341 e. The van der Waals surface area contributed by atoms with Crippen LogP contribution in [0.1, 0.15) is 29.2 Å². The summed E-state index contributed by atoms with van der Waals surface area (Å²) in [6.07, 6.45) is 2.61. The molecule has 0 unspecified atom stereocenters. The quantitative estimate of drug-likeness (QED) is 0.678. The van der Waals surface area contributed by atoms with Crippen LogP contribution in [0.15, 0.2) is 11.0 Å². The number of benzene rings is 1. The van der Waals surface area contributed by atoms with Gasteiger partial charge in [0.2, 0.25) is 5.43 Å². The number of nitrogen functional groups attached to an aromatic ring is 1. The van der Waals surface area contributed by atoms with Crippen molar-refractivity contribution in [2.45, 2.75) is 18.9 Å². The van der Waals surface area contributed by atoms with Crippen molar-refractivity contribution in [3.8, 4) is 0 Å². The Labute approximate surface area is 159 Å². The van der Waals surface area contributed by atoms with E-state index in [0.717, 1.165) is 19.0 Å². The van der Waals surface area contributed by atoms with Gasteiger partial charge in [0, 0.05) is 38.4 Å². The minimum Gasteiger partial charge on any atom is -0.477 e. The number of aromatic nitrogens is 1. The lowest BCUT2D eigenvalue weighted by molar-refractivity contribution is 0.0695. The van der Waals surface area contributed by atoms with E-state index in [9.17, 15) is 19.1 Å². The van der Waals surface area contributed by atoms with E-state index < -0.39 is 39.7 Å². The number of carboxylic acid groups (broad SMARTS) is 1. The first kappa shape index (κ1) is 19.4. The van der Waals surface area contributed by atoms with Crippen LogP contribution in [-0.2, 0) is 0 Å². The number of carboxylic acids is 1. The van der Waals surface area contributed by atoms with Crippen molar-refractivity contribution in [1.29, 1.82) is 0 Å². The van der Waals surface area contributed by atoms with Crippen LogP contribution in [0.5, 0.6) is 0 Å². The number of fused-ring (bicyclic) bond motifs is 1. The summed E-state index contributed by atoms with van der Waals surface area (Å²) in [7, 11) is 0. The van der Waals surface area contributed by atoms with Gasteiger partial charge >= 0.3 is 5.97 Å². The molecule has 0 bridgehead atoms. The van der Waals surface area contributed by atoms with E-state index >= 15 is 4.39 Å². The van der Waals surface area contributed by atoms with Gasteiger partial charge in [-0.1, -0.05) is 0 Å². The predicted molar refractivity (Wildman–Crippen MR) is 100 cm³/mol. The fourth-order valence-electron chi connectivity index (χ4n) is 3.51. The summed E-state index contributed by atoms with van der Waals surface area (Å²) in [6, 6.07) is -0.119. The van der Waals surface area contributed by atoms with Crippen LogP contribution >= 0.6 is 12.4 Å². The highest BCUT2D eigenvalue weighted by Crippen LogP contribution is 2.41. The highest BCUT2D eigenvalue weighted by molar-refractivity contribution is 5.99. The minimum atomic E-state index is -1.45. The molecule has 1 saturated heterocycles. The number of pyridine rings is 1. The van der Waals surface area contributed by atoms with Crippen LogP contribution in [0.4, 0.5) is 20.2 Å². The van der Waals surface area contributed by atoms with E-state index in [1.54, 1.807) is 4.90 Å². The number of aromatic carboxylic acids is 1. The Bertz CT molecular complexity index is 985. The van der Waals surface area contributed by atoms with Crippen molar-refractivity contribution in [2.75, 3.05) is 36.8 Å². The second-order valence-corrected chi connectivity index (χ2v) is 6.67. The standard InChI is InChI=1S/C17H18F2N4O3.ClH/c18-11-13(20)10-14(12(19)15(11)22-5-3-21-4-6-22)23(8-1-2-8)7-9(16(10)24)17(25)26;/h7-8,21H,1-6,20H2,(H,25,26);1H. The summed E-state index contributed by atoms with van der Waals surface area (Å²) in [6.45, 7) is 1.95. The molecule has 2 fully saturated rings. The van der Waals surface area contributed by atoms with Crippen molar-refractivity contribution in [3.63, 3.8) is 0 Å². The van der Waals surface area contributed by atoms with Gasteiger partial charge in [-0.3, -0.25) is 4.79 Å². The molecule has 4 rings (SSSR count). The number of nitrogens with one attached hydrogen (secondary N) is 1. The number of nitrogens with two attached hydrogens (primary N) is 1. The Morgan fingerprint density at radius 1 is 1.22 bits per heavy atom. The van der Waals surface area contributed by atoms with Crippen LogP contribution in [0.2, 0.25) is 0 Å². The number of hydrogen-bond donors (Lipinski definition) is 3. The molecule has 0 atom stereocenters. The summed E-state index contributed by atoms with van der Waals surface area (Å²) >= 11 is 0. The fourth-order valence-corrected chi connectivity index (χ4v) is 3.51. The molecular formula is C17H19ClF2N4O3. The summed E-state index contributed by atoms with van der Waals surface area (Å²) < 4.78 is 31.7. The SMILES string of the molecule is Cl.Nc1c(F)c(N2CCNCC2)c(F)c2c1c(=O)c(C(=O)O)cn2C1CC1. The summed E-state index contributed by atoms with van der Waals surface area (Å²) in [4.78, 5) is 25.5. The molecule has 1 aromatic carbocycles. The summed E-state index contributed by atoms with van der Waals surface area (Å²) in [5.74, 6) is -3.33. The molecule has 1 aromatic heterocycles. The van der Waals surface area contributed by atoms with Crippen molar-refractivity contribution in [3.05, 3.63) is 33.6 Å². The van der Waals surface area contributed by atoms with E-state index in [4.69, 9.17) is 5.73 Å². The number of nitrogens with zero attached hydrogens (tertiary/aromatic N) is 2. The molecule has 10 heteroatoms. The van der Waals surface area contributed by atoms with Crippen LogP contribution in [0.3, 0.4) is 0 Å². The van der Waals surface area contributed by atoms with Crippen molar-refractivity contribution < 1.29 is 18.7 Å². The van der Waals surface area contributed by atoms with E-state index in [0.29, 0.717) is 26.2 Å². The third kappa shape index (κ3) is 3.00. The first-order valence-electron chi connectivity index (χ1n) is 8.46. The zero-order chi connectivity index (χ0) is 18.6. The molecular weight excluding hydrogens is 382 g/mol. The Morgan fingerprint density at radius 3 is 2.41 bits per heavy atom. The lowest BCUT2D eigenvalue weighted by Crippen LogP contribution is -2.44. The Morgan fingerprint density at radius 2 is 1.85 bits per heavy atom. The van der Waals surface area contributed by atoms with E-state index in [2.05, 4.69) is 5.32 Å². The molecule has 4 N–H and O–H groups in total. The lowest BCUT2D eigenvalue weighted by atomic mass is 10.1. The third-order valence-electron chi connectivity index (χ3n) is 4.97. The normalized spacial score (nSPS) is 17.0. The molecule has 2 heterocycles. The van der Waals surface area contributed by atoms with Crippen LogP contribution < -0.4 is 21.4 Å².